The molecule has 0 bridgehead atoms. The maximum absolute atomic E-state index is 12.0. The number of aliphatic imine (C=N–C) groups is 1. The monoisotopic (exact) mass is 315 g/mol. The number of hydrogen-bond donors (Lipinski definition) is 0. The van der Waals surface area contributed by atoms with Crippen LogP contribution in [0.5, 0.6) is 5.75 Å². The van der Waals surface area contributed by atoms with Crippen molar-refractivity contribution in [1.29, 1.82) is 0 Å². The van der Waals surface area contributed by atoms with Gasteiger partial charge in [-0.3, -0.25) is 15.1 Å². The van der Waals surface area contributed by atoms with Crippen molar-refractivity contribution in [3.63, 3.8) is 0 Å². The van der Waals surface area contributed by atoms with Crippen molar-refractivity contribution in [3.05, 3.63) is 62.2 Å². The first kappa shape index (κ1) is 14.5. The van der Waals surface area contributed by atoms with Crippen molar-refractivity contribution in [2.45, 2.75) is 19.3 Å². The summed E-state index contributed by atoms with van der Waals surface area (Å²) in [4.78, 5) is 14.3. The maximum Gasteiger partial charge on any atom is 0.263 e. The van der Waals surface area contributed by atoms with Crippen LogP contribution in [-0.2, 0) is 12.8 Å². The van der Waals surface area contributed by atoms with Crippen molar-refractivity contribution >= 4 is 29.2 Å². The van der Waals surface area contributed by atoms with Gasteiger partial charge in [0, 0.05) is 17.3 Å². The summed E-state index contributed by atoms with van der Waals surface area (Å²) in [7, 11) is 0. The van der Waals surface area contributed by atoms with Crippen molar-refractivity contribution in [2.24, 2.45) is 4.99 Å². The molecule has 0 saturated heterocycles. The molecule has 0 unspecified atom stereocenters. The molecular weight excluding hydrogens is 304 g/mol. The highest BCUT2D eigenvalue weighted by Gasteiger charge is 2.12. The molecule has 0 aliphatic heterocycles. The van der Waals surface area contributed by atoms with Gasteiger partial charge in [-0.25, -0.2) is 0 Å². The van der Waals surface area contributed by atoms with Crippen LogP contribution in [0.4, 0.5) is 11.4 Å². The number of nitro benzene ring substituents is 1. The highest BCUT2D eigenvalue weighted by atomic mass is 35.5. The Balaban J connectivity index is 1.94. The molecule has 2 aromatic carbocycles. The molecule has 2 aromatic rings. The highest BCUT2D eigenvalue weighted by Crippen LogP contribution is 2.31. The van der Waals surface area contributed by atoms with Gasteiger partial charge in [-0.2, -0.15) is 0 Å². The van der Waals surface area contributed by atoms with E-state index < -0.39 is 16.4 Å². The molecule has 0 heterocycles. The molecule has 0 saturated carbocycles. The average Bonchev–Trinajstić information content (AvgIpc) is 2.95. The summed E-state index contributed by atoms with van der Waals surface area (Å²) in [5.41, 5.74) is 2.90. The summed E-state index contributed by atoms with van der Waals surface area (Å²) >= 11 is 5.82. The lowest BCUT2D eigenvalue weighted by molar-refractivity contribution is -0.398. The number of nitro groups is 1. The zero-order chi connectivity index (χ0) is 15.7. The smallest absolute Gasteiger partial charge is 0.263 e. The van der Waals surface area contributed by atoms with Crippen LogP contribution in [0.2, 0.25) is 5.02 Å². The van der Waals surface area contributed by atoms with Gasteiger partial charge < -0.3 is 5.11 Å². The molecule has 0 aromatic heterocycles. The van der Waals surface area contributed by atoms with E-state index in [1.165, 1.54) is 23.4 Å². The summed E-state index contributed by atoms with van der Waals surface area (Å²) in [6, 6.07) is 8.34. The summed E-state index contributed by atoms with van der Waals surface area (Å²) in [5.74, 6) is -0.681. The Hall–Kier alpha value is -2.40. The van der Waals surface area contributed by atoms with Gasteiger partial charge in [0.1, 0.15) is 0 Å². The molecule has 0 fully saturated rings. The van der Waals surface area contributed by atoms with Gasteiger partial charge in [-0.15, -0.1) is 0 Å². The molecule has 0 radical (unpaired) electrons. The molecule has 5 nitrogen and oxygen atoms in total. The van der Waals surface area contributed by atoms with Gasteiger partial charge in [0.25, 0.3) is 5.69 Å². The molecule has 0 spiro atoms. The first-order valence-electron chi connectivity index (χ1n) is 6.85. The third-order valence-electron chi connectivity index (χ3n) is 3.69. The van der Waals surface area contributed by atoms with Crippen LogP contribution >= 0.6 is 11.6 Å². The van der Waals surface area contributed by atoms with E-state index >= 15 is 0 Å². The predicted octanol–water partition coefficient (Wildman–Crippen LogP) is 3.56. The zero-order valence-corrected chi connectivity index (χ0v) is 12.3. The van der Waals surface area contributed by atoms with Crippen molar-refractivity contribution < 1.29 is 10.0 Å². The first-order valence-corrected chi connectivity index (χ1v) is 7.23. The van der Waals surface area contributed by atoms with E-state index in [0.29, 0.717) is 0 Å². The van der Waals surface area contributed by atoms with Crippen molar-refractivity contribution in [2.75, 3.05) is 0 Å². The van der Waals surface area contributed by atoms with E-state index in [0.717, 1.165) is 31.0 Å². The Morgan fingerprint density at radius 3 is 2.73 bits per heavy atom. The lowest BCUT2D eigenvalue weighted by Gasteiger charge is -2.10. The van der Waals surface area contributed by atoms with Crippen molar-refractivity contribution in [3.8, 4) is 5.75 Å². The third kappa shape index (κ3) is 2.80. The topological polar surface area (TPSA) is 78.6 Å². The standard InChI is InChI=1S/C16H13ClN2O3/c17-13-6-12(16(20)15(8-13)19(21)22)9-18-14-5-4-10-2-1-3-11(10)7-14/h4-9,20H,1-3H2/p-1. The molecular formula is C16H12ClN2O3-. The number of benzene rings is 2. The number of halogens is 1. The highest BCUT2D eigenvalue weighted by molar-refractivity contribution is 6.31. The van der Waals surface area contributed by atoms with Crippen LogP contribution < -0.4 is 5.11 Å². The van der Waals surface area contributed by atoms with Crippen LogP contribution in [0.1, 0.15) is 23.1 Å². The number of aryl methyl sites for hydroxylation is 2. The zero-order valence-electron chi connectivity index (χ0n) is 11.6. The Kier molecular flexibility index (Phi) is 3.81. The molecule has 1 aliphatic rings. The van der Waals surface area contributed by atoms with Gasteiger partial charge in [0.15, 0.2) is 0 Å². The SMILES string of the molecule is O=[N+]([O-])c1cc(Cl)cc(C=Nc2ccc3c(c2)CCC3)c1[O-]. The van der Waals surface area contributed by atoms with Crippen LogP contribution in [-0.4, -0.2) is 11.1 Å². The van der Waals surface area contributed by atoms with E-state index in [2.05, 4.69) is 4.99 Å². The van der Waals surface area contributed by atoms with Crippen LogP contribution in [0.3, 0.4) is 0 Å². The molecule has 3 rings (SSSR count). The van der Waals surface area contributed by atoms with E-state index in [-0.39, 0.29) is 10.6 Å². The Morgan fingerprint density at radius 1 is 1.18 bits per heavy atom. The molecule has 0 amide bonds. The fourth-order valence-corrected chi connectivity index (χ4v) is 2.83. The second kappa shape index (κ2) is 5.77. The summed E-state index contributed by atoms with van der Waals surface area (Å²) in [5, 5.41) is 23.0. The Bertz CT molecular complexity index is 787. The largest absolute Gasteiger partial charge is 0.867 e. The van der Waals surface area contributed by atoms with Crippen LogP contribution in [0.25, 0.3) is 0 Å². The number of hydrogen-bond acceptors (Lipinski definition) is 4. The van der Waals surface area contributed by atoms with E-state index in [9.17, 15) is 15.2 Å². The normalized spacial score (nSPS) is 13.5. The molecule has 22 heavy (non-hydrogen) atoms. The fourth-order valence-electron chi connectivity index (χ4n) is 2.61. The van der Waals surface area contributed by atoms with Gasteiger partial charge in [0.2, 0.25) is 0 Å². The second-order valence-corrected chi connectivity index (χ2v) is 5.60. The quantitative estimate of drug-likeness (QED) is 0.493. The molecule has 1 aliphatic carbocycles. The molecule has 0 atom stereocenters. The van der Waals surface area contributed by atoms with Gasteiger partial charge in [-0.05, 0) is 59.9 Å². The summed E-state index contributed by atoms with van der Waals surface area (Å²) in [6.07, 6.45) is 4.60. The maximum atomic E-state index is 12.0. The first-order chi connectivity index (χ1) is 10.5. The molecule has 0 N–H and O–H groups in total. The second-order valence-electron chi connectivity index (χ2n) is 5.17. The average molecular weight is 316 g/mol. The summed E-state index contributed by atoms with van der Waals surface area (Å²) in [6.45, 7) is 0. The van der Waals surface area contributed by atoms with E-state index in [1.807, 2.05) is 18.2 Å². The lowest BCUT2D eigenvalue weighted by atomic mass is 10.1. The molecule has 112 valence electrons. The minimum atomic E-state index is -0.735. The number of rotatable bonds is 3. The summed E-state index contributed by atoms with van der Waals surface area (Å²) < 4.78 is 0. The molecule has 6 heteroatoms. The number of fused-ring (bicyclic) bond motifs is 1. The lowest BCUT2D eigenvalue weighted by Crippen LogP contribution is -2.02. The number of nitrogens with zero attached hydrogens (tertiary/aromatic N) is 2. The Labute approximate surface area is 132 Å². The van der Waals surface area contributed by atoms with Crippen LogP contribution in [0.15, 0.2) is 35.3 Å². The fraction of sp³-hybridized carbons (Fsp3) is 0.188. The Morgan fingerprint density at radius 2 is 1.95 bits per heavy atom. The van der Waals surface area contributed by atoms with Gasteiger partial charge in [0.05, 0.1) is 10.6 Å². The van der Waals surface area contributed by atoms with Crippen molar-refractivity contribution in [1.82, 2.24) is 0 Å². The minimum Gasteiger partial charge on any atom is -0.867 e. The van der Waals surface area contributed by atoms with Gasteiger partial charge >= 0.3 is 0 Å². The van der Waals surface area contributed by atoms with Crippen LogP contribution in [0, 0.1) is 10.1 Å². The predicted molar refractivity (Wildman–Crippen MR) is 83.3 cm³/mol. The minimum absolute atomic E-state index is 0.111. The van der Waals surface area contributed by atoms with E-state index in [1.54, 1.807) is 0 Å². The van der Waals surface area contributed by atoms with E-state index in [4.69, 9.17) is 11.6 Å². The third-order valence-corrected chi connectivity index (χ3v) is 3.91. The van der Waals surface area contributed by atoms with Gasteiger partial charge in [-0.1, -0.05) is 17.7 Å².